The van der Waals surface area contributed by atoms with Gasteiger partial charge in [-0.1, -0.05) is 30.7 Å². The lowest BCUT2D eigenvalue weighted by atomic mass is 9.99. The summed E-state index contributed by atoms with van der Waals surface area (Å²) in [7, 11) is 0. The van der Waals surface area contributed by atoms with Crippen LogP contribution in [0.1, 0.15) is 39.5 Å². The van der Waals surface area contributed by atoms with Gasteiger partial charge in [-0.05, 0) is 25.7 Å². The first-order valence-electron chi connectivity index (χ1n) is 5.35. The third kappa shape index (κ3) is 3.77. The topological polar surface area (TPSA) is 29.1 Å². The third-order valence-electron chi connectivity index (χ3n) is 2.45. The van der Waals surface area contributed by atoms with Crippen LogP contribution in [0.4, 0.5) is 0 Å². The lowest BCUT2D eigenvalue weighted by Gasteiger charge is -2.17. The Morgan fingerprint density at radius 3 is 2.86 bits per heavy atom. The Balaban J connectivity index is 2.43. The molecule has 0 saturated carbocycles. The lowest BCUT2D eigenvalue weighted by molar-refractivity contribution is -0.119. The second-order valence-electron chi connectivity index (χ2n) is 3.77. The monoisotopic (exact) mass is 193 g/mol. The molecule has 1 atom stereocenters. The summed E-state index contributed by atoms with van der Waals surface area (Å²) < 4.78 is 0. The van der Waals surface area contributed by atoms with Crippen LogP contribution in [0.3, 0.4) is 0 Å². The lowest BCUT2D eigenvalue weighted by Crippen LogP contribution is -2.32. The van der Waals surface area contributed by atoms with Crippen molar-refractivity contribution >= 4 is 5.91 Å². The van der Waals surface area contributed by atoms with Gasteiger partial charge in [-0.2, -0.15) is 0 Å². The van der Waals surface area contributed by atoms with E-state index in [0.29, 0.717) is 6.04 Å². The molecule has 14 heavy (non-hydrogen) atoms. The highest BCUT2D eigenvalue weighted by atomic mass is 16.1. The van der Waals surface area contributed by atoms with Crippen LogP contribution < -0.4 is 5.32 Å². The van der Waals surface area contributed by atoms with Crippen molar-refractivity contribution in [3.8, 4) is 0 Å². The Bertz CT molecular complexity index is 253. The average Bonchev–Trinajstić information content (AvgIpc) is 2.17. The highest BCUT2D eigenvalue weighted by Crippen LogP contribution is 2.16. The summed E-state index contributed by atoms with van der Waals surface area (Å²) >= 11 is 0. The molecule has 1 N–H and O–H groups in total. The third-order valence-corrected chi connectivity index (χ3v) is 2.45. The summed E-state index contributed by atoms with van der Waals surface area (Å²) in [6.07, 6.45) is 10.9. The van der Waals surface area contributed by atoms with E-state index in [1.54, 1.807) is 6.92 Å². The van der Waals surface area contributed by atoms with Crippen molar-refractivity contribution in [3.63, 3.8) is 0 Å². The highest BCUT2D eigenvalue weighted by molar-refractivity contribution is 5.73. The molecule has 1 rings (SSSR count). The zero-order chi connectivity index (χ0) is 10.4. The van der Waals surface area contributed by atoms with Crippen molar-refractivity contribution in [2.45, 2.75) is 45.6 Å². The number of carbonyl (C=O) groups excluding carboxylic acids is 1. The molecule has 0 fully saturated rings. The molecule has 2 nitrogen and oxygen atoms in total. The fourth-order valence-electron chi connectivity index (χ4n) is 1.69. The maximum absolute atomic E-state index is 10.9. The van der Waals surface area contributed by atoms with E-state index in [4.69, 9.17) is 0 Å². The molecule has 0 heterocycles. The normalized spacial score (nSPS) is 17.4. The molecule has 0 saturated heterocycles. The van der Waals surface area contributed by atoms with E-state index in [9.17, 15) is 4.79 Å². The first-order valence-corrected chi connectivity index (χ1v) is 5.35. The van der Waals surface area contributed by atoms with E-state index < -0.39 is 0 Å². The van der Waals surface area contributed by atoms with Crippen LogP contribution in [-0.4, -0.2) is 11.9 Å². The van der Waals surface area contributed by atoms with Gasteiger partial charge in [0.1, 0.15) is 0 Å². The Morgan fingerprint density at radius 1 is 1.57 bits per heavy atom. The molecule has 1 unspecified atom stereocenters. The number of allylic oxidation sites excluding steroid dienone is 3. The predicted molar refractivity (Wildman–Crippen MR) is 59.0 cm³/mol. The number of carbonyl (C=O) groups is 1. The van der Waals surface area contributed by atoms with Gasteiger partial charge in [0.2, 0.25) is 5.91 Å². The minimum Gasteiger partial charge on any atom is -0.353 e. The minimum atomic E-state index is 0.0669. The van der Waals surface area contributed by atoms with E-state index in [-0.39, 0.29) is 5.91 Å². The van der Waals surface area contributed by atoms with Gasteiger partial charge >= 0.3 is 0 Å². The molecule has 1 aliphatic carbocycles. The molecule has 0 aliphatic heterocycles. The van der Waals surface area contributed by atoms with Crippen molar-refractivity contribution in [3.05, 3.63) is 23.8 Å². The van der Waals surface area contributed by atoms with Gasteiger partial charge in [-0.25, -0.2) is 0 Å². The molecule has 0 spiro atoms. The molecule has 0 aromatic carbocycles. The molecule has 0 aromatic rings. The van der Waals surface area contributed by atoms with Gasteiger partial charge in [0.15, 0.2) is 0 Å². The largest absolute Gasteiger partial charge is 0.353 e. The van der Waals surface area contributed by atoms with Crippen LogP contribution in [0.2, 0.25) is 0 Å². The fourth-order valence-corrected chi connectivity index (χ4v) is 1.69. The number of amides is 1. The first kappa shape index (κ1) is 11.0. The number of rotatable bonds is 4. The van der Waals surface area contributed by atoms with Gasteiger partial charge in [-0.15, -0.1) is 0 Å². The molecular weight excluding hydrogens is 174 g/mol. The zero-order valence-electron chi connectivity index (χ0n) is 9.05. The van der Waals surface area contributed by atoms with Crippen LogP contribution >= 0.6 is 0 Å². The standard InChI is InChI=1S/C12H19NO/c1-3-12(13-10(2)14)9-11-7-5-4-6-8-11/h5,7-8,12H,3-4,6,9H2,1-2H3,(H,13,14). The molecule has 2 heteroatoms. The average molecular weight is 193 g/mol. The molecule has 0 radical (unpaired) electrons. The zero-order valence-corrected chi connectivity index (χ0v) is 9.05. The summed E-state index contributed by atoms with van der Waals surface area (Å²) in [6, 6.07) is 0.293. The first-order chi connectivity index (χ1) is 6.72. The predicted octanol–water partition coefficient (Wildman–Crippen LogP) is 2.57. The molecular formula is C12H19NO. The summed E-state index contributed by atoms with van der Waals surface area (Å²) in [5.41, 5.74) is 1.36. The molecule has 0 aromatic heterocycles. The van der Waals surface area contributed by atoms with Crippen LogP contribution in [0, 0.1) is 0 Å². The van der Waals surface area contributed by atoms with E-state index in [0.717, 1.165) is 25.7 Å². The number of hydrogen-bond acceptors (Lipinski definition) is 1. The van der Waals surface area contributed by atoms with E-state index in [2.05, 4.69) is 30.5 Å². The second kappa shape index (κ2) is 5.63. The van der Waals surface area contributed by atoms with Crippen LogP contribution in [0.5, 0.6) is 0 Å². The fraction of sp³-hybridized carbons (Fsp3) is 0.583. The second-order valence-corrected chi connectivity index (χ2v) is 3.77. The van der Waals surface area contributed by atoms with E-state index >= 15 is 0 Å². The van der Waals surface area contributed by atoms with Crippen molar-refractivity contribution in [2.75, 3.05) is 0 Å². The quantitative estimate of drug-likeness (QED) is 0.730. The summed E-state index contributed by atoms with van der Waals surface area (Å²) in [5, 5.41) is 2.96. The molecule has 1 aliphatic rings. The van der Waals surface area contributed by atoms with Gasteiger partial charge in [0.05, 0.1) is 0 Å². The van der Waals surface area contributed by atoms with Crippen LogP contribution in [0.15, 0.2) is 23.8 Å². The SMILES string of the molecule is CCC(CC1=CCCC=C1)NC(C)=O. The number of hydrogen-bond donors (Lipinski definition) is 1. The summed E-state index contributed by atoms with van der Waals surface area (Å²) in [5.74, 6) is 0.0669. The Morgan fingerprint density at radius 2 is 2.36 bits per heavy atom. The van der Waals surface area contributed by atoms with Gasteiger partial charge in [-0.3, -0.25) is 4.79 Å². The van der Waals surface area contributed by atoms with E-state index in [1.165, 1.54) is 5.57 Å². The van der Waals surface area contributed by atoms with Gasteiger partial charge < -0.3 is 5.32 Å². The highest BCUT2D eigenvalue weighted by Gasteiger charge is 2.09. The van der Waals surface area contributed by atoms with Crippen molar-refractivity contribution in [1.82, 2.24) is 5.32 Å². The van der Waals surface area contributed by atoms with Crippen LogP contribution in [0.25, 0.3) is 0 Å². The minimum absolute atomic E-state index is 0.0669. The Kier molecular flexibility index (Phi) is 4.44. The Hall–Kier alpha value is -1.05. The van der Waals surface area contributed by atoms with Crippen LogP contribution in [-0.2, 0) is 4.79 Å². The van der Waals surface area contributed by atoms with Crippen molar-refractivity contribution in [2.24, 2.45) is 0 Å². The Labute approximate surface area is 86.1 Å². The summed E-state index contributed by atoms with van der Waals surface area (Å²) in [6.45, 7) is 3.68. The van der Waals surface area contributed by atoms with Gasteiger partial charge in [0.25, 0.3) is 0 Å². The molecule has 78 valence electrons. The van der Waals surface area contributed by atoms with Crippen molar-refractivity contribution < 1.29 is 4.79 Å². The number of nitrogens with one attached hydrogen (secondary N) is 1. The van der Waals surface area contributed by atoms with Crippen molar-refractivity contribution in [1.29, 1.82) is 0 Å². The smallest absolute Gasteiger partial charge is 0.217 e. The maximum Gasteiger partial charge on any atom is 0.217 e. The van der Waals surface area contributed by atoms with Gasteiger partial charge in [0, 0.05) is 13.0 Å². The summed E-state index contributed by atoms with van der Waals surface area (Å²) in [4.78, 5) is 10.9. The molecule has 0 bridgehead atoms. The maximum atomic E-state index is 10.9. The molecule has 1 amide bonds. The van der Waals surface area contributed by atoms with E-state index in [1.807, 2.05) is 0 Å².